The molecule has 1 aromatic carbocycles. The topological polar surface area (TPSA) is 71.2 Å². The molecule has 2 rings (SSSR count). The van der Waals surface area contributed by atoms with E-state index in [0.29, 0.717) is 11.6 Å². The number of amides is 1. The predicted octanol–water partition coefficient (Wildman–Crippen LogP) is 2.00. The van der Waals surface area contributed by atoms with Crippen molar-refractivity contribution in [2.45, 2.75) is 20.4 Å². The number of aryl methyl sites for hydroxylation is 2. The lowest BCUT2D eigenvalue weighted by Crippen LogP contribution is -2.30. The zero-order valence-electron chi connectivity index (χ0n) is 11.8. The third-order valence-electron chi connectivity index (χ3n) is 3.04. The molecule has 6 heteroatoms. The van der Waals surface area contributed by atoms with Gasteiger partial charge in [-0.25, -0.2) is 10.8 Å². The highest BCUT2D eigenvalue weighted by atomic mass is 32.1. The second-order valence-corrected chi connectivity index (χ2v) is 5.62. The van der Waals surface area contributed by atoms with E-state index in [0.717, 1.165) is 11.4 Å². The molecule has 0 bridgehead atoms. The van der Waals surface area contributed by atoms with Crippen LogP contribution in [-0.4, -0.2) is 17.9 Å². The average molecular weight is 290 g/mol. The van der Waals surface area contributed by atoms with Crippen LogP contribution in [0.5, 0.6) is 0 Å². The van der Waals surface area contributed by atoms with Crippen molar-refractivity contribution in [2.24, 2.45) is 5.84 Å². The molecule has 1 heterocycles. The quantitative estimate of drug-likeness (QED) is 0.513. The standard InChI is InChI=1S/C14H18N4OS/c1-9-4-5-12(10(2)6-9)18(3)7-11-8-20-14(16-11)13(19)17-15/h4-6,8H,7,15H2,1-3H3,(H,17,19). The fourth-order valence-electron chi connectivity index (χ4n) is 2.11. The van der Waals surface area contributed by atoms with E-state index in [2.05, 4.69) is 47.4 Å². The van der Waals surface area contributed by atoms with Crippen LogP contribution in [0.4, 0.5) is 5.69 Å². The molecular formula is C14H18N4OS. The molecule has 0 aliphatic carbocycles. The van der Waals surface area contributed by atoms with E-state index < -0.39 is 0 Å². The van der Waals surface area contributed by atoms with Gasteiger partial charge in [-0.3, -0.25) is 10.2 Å². The molecule has 20 heavy (non-hydrogen) atoms. The molecule has 2 aromatic rings. The molecule has 0 atom stereocenters. The SMILES string of the molecule is Cc1ccc(N(C)Cc2csc(C(=O)NN)n2)c(C)c1. The van der Waals surface area contributed by atoms with Crippen molar-refractivity contribution in [1.82, 2.24) is 10.4 Å². The van der Waals surface area contributed by atoms with Crippen LogP contribution in [-0.2, 0) is 6.54 Å². The molecule has 0 aliphatic rings. The summed E-state index contributed by atoms with van der Waals surface area (Å²) in [4.78, 5) is 17.8. The Labute approximate surface area is 122 Å². The number of hydrazine groups is 1. The van der Waals surface area contributed by atoms with Crippen LogP contribution in [0.15, 0.2) is 23.6 Å². The highest BCUT2D eigenvalue weighted by Gasteiger charge is 2.12. The number of aromatic nitrogens is 1. The molecule has 0 radical (unpaired) electrons. The molecule has 0 fully saturated rings. The van der Waals surface area contributed by atoms with Gasteiger partial charge in [-0.1, -0.05) is 17.7 Å². The summed E-state index contributed by atoms with van der Waals surface area (Å²) < 4.78 is 0. The number of hydrogen-bond acceptors (Lipinski definition) is 5. The molecule has 0 unspecified atom stereocenters. The van der Waals surface area contributed by atoms with E-state index in [1.807, 2.05) is 12.4 Å². The number of nitrogens with one attached hydrogen (secondary N) is 1. The minimum atomic E-state index is -0.351. The van der Waals surface area contributed by atoms with E-state index in [-0.39, 0.29) is 5.91 Å². The van der Waals surface area contributed by atoms with E-state index >= 15 is 0 Å². The number of nitrogen functional groups attached to an aromatic ring is 1. The Morgan fingerprint density at radius 2 is 2.20 bits per heavy atom. The Morgan fingerprint density at radius 1 is 1.45 bits per heavy atom. The second kappa shape index (κ2) is 6.02. The Hall–Kier alpha value is -1.92. The van der Waals surface area contributed by atoms with E-state index in [9.17, 15) is 4.79 Å². The van der Waals surface area contributed by atoms with Crippen molar-refractivity contribution >= 4 is 22.9 Å². The number of rotatable bonds is 4. The fourth-order valence-corrected chi connectivity index (χ4v) is 2.82. The van der Waals surface area contributed by atoms with Crippen LogP contribution in [0, 0.1) is 13.8 Å². The third-order valence-corrected chi connectivity index (χ3v) is 3.93. The summed E-state index contributed by atoms with van der Waals surface area (Å²) in [6.07, 6.45) is 0. The number of carbonyl (C=O) groups excluding carboxylic acids is 1. The van der Waals surface area contributed by atoms with E-state index in [1.54, 1.807) is 0 Å². The molecule has 0 aliphatic heterocycles. The lowest BCUT2D eigenvalue weighted by molar-refractivity contribution is 0.0953. The number of nitrogens with zero attached hydrogens (tertiary/aromatic N) is 2. The summed E-state index contributed by atoms with van der Waals surface area (Å²) in [6.45, 7) is 4.82. The van der Waals surface area contributed by atoms with Gasteiger partial charge in [0.15, 0.2) is 5.01 Å². The van der Waals surface area contributed by atoms with Crippen molar-refractivity contribution in [3.63, 3.8) is 0 Å². The highest BCUT2D eigenvalue weighted by Crippen LogP contribution is 2.22. The monoisotopic (exact) mass is 290 g/mol. The zero-order valence-corrected chi connectivity index (χ0v) is 12.6. The predicted molar refractivity (Wildman–Crippen MR) is 81.8 cm³/mol. The minimum absolute atomic E-state index is 0.351. The van der Waals surface area contributed by atoms with Gasteiger partial charge in [0.25, 0.3) is 5.91 Å². The summed E-state index contributed by atoms with van der Waals surface area (Å²) in [7, 11) is 2.01. The van der Waals surface area contributed by atoms with Crippen LogP contribution in [0.25, 0.3) is 0 Å². The number of anilines is 1. The van der Waals surface area contributed by atoms with Crippen molar-refractivity contribution in [3.05, 3.63) is 45.4 Å². The molecule has 5 nitrogen and oxygen atoms in total. The first kappa shape index (κ1) is 14.5. The molecule has 0 spiro atoms. The highest BCUT2D eigenvalue weighted by molar-refractivity contribution is 7.11. The number of nitrogens with two attached hydrogens (primary N) is 1. The van der Waals surface area contributed by atoms with E-state index in [4.69, 9.17) is 5.84 Å². The Bertz CT molecular complexity index is 623. The van der Waals surface area contributed by atoms with Gasteiger partial charge in [-0.15, -0.1) is 11.3 Å². The van der Waals surface area contributed by atoms with Gasteiger partial charge < -0.3 is 4.90 Å². The van der Waals surface area contributed by atoms with Crippen LogP contribution in [0.3, 0.4) is 0 Å². The van der Waals surface area contributed by atoms with Crippen LogP contribution in [0.1, 0.15) is 26.6 Å². The number of thiazole rings is 1. The van der Waals surface area contributed by atoms with Gasteiger partial charge in [-0.2, -0.15) is 0 Å². The first-order valence-electron chi connectivity index (χ1n) is 6.25. The smallest absolute Gasteiger partial charge is 0.294 e. The molecule has 0 saturated carbocycles. The number of carbonyl (C=O) groups is 1. The molecule has 106 valence electrons. The first-order chi connectivity index (χ1) is 9.51. The van der Waals surface area contributed by atoms with Crippen molar-refractivity contribution < 1.29 is 4.79 Å². The minimum Gasteiger partial charge on any atom is -0.368 e. The van der Waals surface area contributed by atoms with Gasteiger partial charge in [0.1, 0.15) is 0 Å². The van der Waals surface area contributed by atoms with E-state index in [1.165, 1.54) is 22.5 Å². The Balaban J connectivity index is 2.13. The molecular weight excluding hydrogens is 272 g/mol. The molecule has 1 amide bonds. The van der Waals surface area contributed by atoms with Gasteiger partial charge in [-0.05, 0) is 25.5 Å². The average Bonchev–Trinajstić information content (AvgIpc) is 2.86. The van der Waals surface area contributed by atoms with Gasteiger partial charge >= 0.3 is 0 Å². The van der Waals surface area contributed by atoms with Gasteiger partial charge in [0.05, 0.1) is 12.2 Å². The lowest BCUT2D eigenvalue weighted by atomic mass is 10.1. The van der Waals surface area contributed by atoms with Crippen molar-refractivity contribution in [3.8, 4) is 0 Å². The third kappa shape index (κ3) is 3.15. The number of hydrogen-bond donors (Lipinski definition) is 2. The number of benzene rings is 1. The summed E-state index contributed by atoms with van der Waals surface area (Å²) in [6, 6.07) is 6.35. The largest absolute Gasteiger partial charge is 0.368 e. The maximum absolute atomic E-state index is 11.4. The van der Waals surface area contributed by atoms with Gasteiger partial charge in [0, 0.05) is 18.1 Å². The normalized spacial score (nSPS) is 10.4. The summed E-state index contributed by atoms with van der Waals surface area (Å²) in [5.41, 5.74) is 6.58. The summed E-state index contributed by atoms with van der Waals surface area (Å²) in [5, 5.41) is 2.27. The van der Waals surface area contributed by atoms with Crippen LogP contribution >= 0.6 is 11.3 Å². The maximum atomic E-state index is 11.4. The molecule has 3 N–H and O–H groups in total. The fraction of sp³-hybridized carbons (Fsp3) is 0.286. The molecule has 0 saturated heterocycles. The van der Waals surface area contributed by atoms with Gasteiger partial charge in [0.2, 0.25) is 0 Å². The van der Waals surface area contributed by atoms with Crippen molar-refractivity contribution in [2.75, 3.05) is 11.9 Å². The first-order valence-corrected chi connectivity index (χ1v) is 7.13. The summed E-state index contributed by atoms with van der Waals surface area (Å²) >= 11 is 1.30. The zero-order chi connectivity index (χ0) is 14.7. The van der Waals surface area contributed by atoms with Crippen LogP contribution in [0.2, 0.25) is 0 Å². The molecule has 1 aromatic heterocycles. The lowest BCUT2D eigenvalue weighted by Gasteiger charge is -2.20. The van der Waals surface area contributed by atoms with Crippen molar-refractivity contribution in [1.29, 1.82) is 0 Å². The Morgan fingerprint density at radius 3 is 2.85 bits per heavy atom. The maximum Gasteiger partial charge on any atom is 0.294 e. The second-order valence-electron chi connectivity index (χ2n) is 4.76. The summed E-state index contributed by atoms with van der Waals surface area (Å²) in [5.74, 6) is 4.74. The van der Waals surface area contributed by atoms with Crippen LogP contribution < -0.4 is 16.2 Å². The Kier molecular flexibility index (Phi) is 4.36.